The van der Waals surface area contributed by atoms with E-state index in [0.29, 0.717) is 6.42 Å². The lowest BCUT2D eigenvalue weighted by Gasteiger charge is -2.26. The second kappa shape index (κ2) is 6.57. The maximum Gasteiger partial charge on any atom is 0.316 e. The highest BCUT2D eigenvalue weighted by Crippen LogP contribution is 2.29. The molecule has 1 aromatic carbocycles. The van der Waals surface area contributed by atoms with Gasteiger partial charge in [0.25, 0.3) is 0 Å². The van der Waals surface area contributed by atoms with Crippen molar-refractivity contribution in [2.75, 3.05) is 12.4 Å². The molecule has 0 saturated carbocycles. The van der Waals surface area contributed by atoms with Crippen LogP contribution in [0.3, 0.4) is 0 Å². The van der Waals surface area contributed by atoms with Crippen LogP contribution in [0, 0.1) is 11.8 Å². The zero-order valence-electron chi connectivity index (χ0n) is 12.7. The number of hydrogen-bond acceptors (Lipinski definition) is 4. The standard InChI is InChI=1S/C17H21NO3/c1-4-12-6-5-7-13(9-12)18-14-8-11(2)16(15(19)10-14)17(20)21-3/h5-7,9-11,16,18H,4,8H2,1-3H3/t11-,16+/m1/s1. The molecular formula is C17H21NO3. The molecule has 0 aliphatic heterocycles. The molecule has 0 radical (unpaired) electrons. The van der Waals surface area contributed by atoms with Crippen LogP contribution in [0.25, 0.3) is 0 Å². The van der Waals surface area contributed by atoms with E-state index in [2.05, 4.69) is 24.4 Å². The number of aryl methyl sites for hydroxylation is 1. The van der Waals surface area contributed by atoms with Crippen LogP contribution in [0.1, 0.15) is 25.8 Å². The molecule has 112 valence electrons. The molecular weight excluding hydrogens is 266 g/mol. The monoisotopic (exact) mass is 287 g/mol. The lowest BCUT2D eigenvalue weighted by molar-refractivity contribution is -0.150. The lowest BCUT2D eigenvalue weighted by atomic mass is 9.82. The normalized spacial score (nSPS) is 21.7. The Balaban J connectivity index is 2.15. The topological polar surface area (TPSA) is 55.4 Å². The first-order chi connectivity index (χ1) is 10.0. The highest BCUT2D eigenvalue weighted by atomic mass is 16.5. The van der Waals surface area contributed by atoms with Gasteiger partial charge in [-0.1, -0.05) is 26.0 Å². The minimum atomic E-state index is -0.678. The summed E-state index contributed by atoms with van der Waals surface area (Å²) in [5.41, 5.74) is 3.06. The second-order valence-electron chi connectivity index (χ2n) is 5.43. The Labute approximate surface area is 125 Å². The SMILES string of the molecule is CCc1cccc(NC2=CC(=O)[C@@H](C(=O)OC)[C@H](C)C2)c1. The van der Waals surface area contributed by atoms with Crippen molar-refractivity contribution < 1.29 is 14.3 Å². The van der Waals surface area contributed by atoms with Gasteiger partial charge in [-0.25, -0.2) is 0 Å². The van der Waals surface area contributed by atoms with Crippen LogP contribution in [-0.4, -0.2) is 18.9 Å². The number of benzene rings is 1. The zero-order chi connectivity index (χ0) is 15.4. The highest BCUT2D eigenvalue weighted by molar-refractivity contribution is 6.06. The van der Waals surface area contributed by atoms with Gasteiger partial charge in [-0.2, -0.15) is 0 Å². The van der Waals surface area contributed by atoms with Gasteiger partial charge in [-0.05, 0) is 36.5 Å². The number of carbonyl (C=O) groups excluding carboxylic acids is 2. The van der Waals surface area contributed by atoms with E-state index in [1.165, 1.54) is 18.7 Å². The summed E-state index contributed by atoms with van der Waals surface area (Å²) in [5.74, 6) is -1.38. The van der Waals surface area contributed by atoms with E-state index in [0.717, 1.165) is 17.8 Å². The third kappa shape index (κ3) is 3.51. The van der Waals surface area contributed by atoms with Gasteiger partial charge < -0.3 is 10.1 Å². The molecule has 0 amide bonds. The Morgan fingerprint density at radius 2 is 2.19 bits per heavy atom. The van der Waals surface area contributed by atoms with E-state index in [4.69, 9.17) is 4.74 Å². The maximum absolute atomic E-state index is 12.1. The molecule has 0 saturated heterocycles. The summed E-state index contributed by atoms with van der Waals surface area (Å²) in [7, 11) is 1.32. The molecule has 0 fully saturated rings. The van der Waals surface area contributed by atoms with Crippen molar-refractivity contribution in [3.05, 3.63) is 41.6 Å². The number of nitrogens with one attached hydrogen (secondary N) is 1. The molecule has 1 aliphatic carbocycles. The Hall–Kier alpha value is -2.10. The van der Waals surface area contributed by atoms with E-state index in [1.54, 1.807) is 0 Å². The summed E-state index contributed by atoms with van der Waals surface area (Å²) in [6.45, 7) is 4.00. The fourth-order valence-corrected chi connectivity index (χ4v) is 2.68. The number of ketones is 1. The predicted octanol–water partition coefficient (Wildman–Crippen LogP) is 2.94. The third-order valence-electron chi connectivity index (χ3n) is 3.83. The predicted molar refractivity (Wildman–Crippen MR) is 81.8 cm³/mol. The summed E-state index contributed by atoms with van der Waals surface area (Å²) in [6, 6.07) is 8.11. The number of ether oxygens (including phenoxy) is 1. The van der Waals surface area contributed by atoms with Crippen LogP contribution in [0.15, 0.2) is 36.0 Å². The van der Waals surface area contributed by atoms with Crippen molar-refractivity contribution in [1.82, 2.24) is 0 Å². The second-order valence-corrected chi connectivity index (χ2v) is 5.43. The summed E-state index contributed by atoms with van der Waals surface area (Å²) >= 11 is 0. The van der Waals surface area contributed by atoms with Crippen molar-refractivity contribution in [2.45, 2.75) is 26.7 Å². The van der Waals surface area contributed by atoms with Gasteiger partial charge >= 0.3 is 5.97 Å². The summed E-state index contributed by atoms with van der Waals surface area (Å²) in [4.78, 5) is 23.8. The largest absolute Gasteiger partial charge is 0.468 e. The van der Waals surface area contributed by atoms with Gasteiger partial charge in [0.05, 0.1) is 7.11 Å². The van der Waals surface area contributed by atoms with E-state index < -0.39 is 11.9 Å². The number of carbonyl (C=O) groups is 2. The molecule has 21 heavy (non-hydrogen) atoms. The van der Waals surface area contributed by atoms with E-state index in [1.807, 2.05) is 19.1 Å². The van der Waals surface area contributed by atoms with E-state index in [-0.39, 0.29) is 11.7 Å². The smallest absolute Gasteiger partial charge is 0.316 e. The fraction of sp³-hybridized carbons (Fsp3) is 0.412. The average molecular weight is 287 g/mol. The molecule has 4 heteroatoms. The van der Waals surface area contributed by atoms with Crippen LogP contribution in [0.5, 0.6) is 0 Å². The molecule has 0 heterocycles. The van der Waals surface area contributed by atoms with Crippen LogP contribution < -0.4 is 5.32 Å². The number of hydrogen-bond donors (Lipinski definition) is 1. The molecule has 1 N–H and O–H groups in total. The first-order valence-corrected chi connectivity index (χ1v) is 7.23. The Morgan fingerprint density at radius 3 is 2.81 bits per heavy atom. The van der Waals surface area contributed by atoms with Crippen molar-refractivity contribution in [3.8, 4) is 0 Å². The summed E-state index contributed by atoms with van der Waals surface area (Å²) in [6.07, 6.45) is 3.15. The summed E-state index contributed by atoms with van der Waals surface area (Å²) < 4.78 is 4.70. The van der Waals surface area contributed by atoms with Gasteiger partial charge in [0.2, 0.25) is 0 Å². The average Bonchev–Trinajstić information content (AvgIpc) is 2.46. The van der Waals surface area contributed by atoms with Crippen molar-refractivity contribution in [1.29, 1.82) is 0 Å². The van der Waals surface area contributed by atoms with E-state index in [9.17, 15) is 9.59 Å². The minimum Gasteiger partial charge on any atom is -0.468 e. The van der Waals surface area contributed by atoms with Crippen molar-refractivity contribution >= 4 is 17.4 Å². The number of esters is 1. The van der Waals surface area contributed by atoms with E-state index >= 15 is 0 Å². The Bertz CT molecular complexity index is 577. The number of rotatable bonds is 4. The summed E-state index contributed by atoms with van der Waals surface area (Å²) in [5, 5.41) is 3.28. The molecule has 1 aromatic rings. The van der Waals surface area contributed by atoms with Gasteiger partial charge in [0.15, 0.2) is 5.78 Å². The minimum absolute atomic E-state index is 0.0631. The number of methoxy groups -OCH3 is 1. The highest BCUT2D eigenvalue weighted by Gasteiger charge is 2.35. The van der Waals surface area contributed by atoms with Crippen LogP contribution >= 0.6 is 0 Å². The molecule has 0 aromatic heterocycles. The number of anilines is 1. The van der Waals surface area contributed by atoms with Crippen molar-refractivity contribution in [2.24, 2.45) is 11.8 Å². The third-order valence-corrected chi connectivity index (χ3v) is 3.83. The Kier molecular flexibility index (Phi) is 4.78. The van der Waals surface area contributed by atoms with Crippen LogP contribution in [0.2, 0.25) is 0 Å². The molecule has 2 rings (SSSR count). The zero-order valence-corrected chi connectivity index (χ0v) is 12.7. The Morgan fingerprint density at radius 1 is 1.43 bits per heavy atom. The lowest BCUT2D eigenvalue weighted by Crippen LogP contribution is -2.34. The molecule has 0 spiro atoms. The van der Waals surface area contributed by atoms with Gasteiger partial charge in [0, 0.05) is 17.5 Å². The van der Waals surface area contributed by atoms with Gasteiger partial charge in [0.1, 0.15) is 5.92 Å². The molecule has 0 bridgehead atoms. The fourth-order valence-electron chi connectivity index (χ4n) is 2.68. The molecule has 4 nitrogen and oxygen atoms in total. The van der Waals surface area contributed by atoms with Crippen LogP contribution in [-0.2, 0) is 20.7 Å². The molecule has 2 atom stereocenters. The van der Waals surface area contributed by atoms with Crippen molar-refractivity contribution in [3.63, 3.8) is 0 Å². The number of allylic oxidation sites excluding steroid dienone is 2. The first-order valence-electron chi connectivity index (χ1n) is 7.23. The maximum atomic E-state index is 12.1. The quantitative estimate of drug-likeness (QED) is 0.683. The van der Waals surface area contributed by atoms with Gasteiger partial charge in [-0.15, -0.1) is 0 Å². The van der Waals surface area contributed by atoms with Crippen LogP contribution in [0.4, 0.5) is 5.69 Å². The van der Waals surface area contributed by atoms with Gasteiger partial charge in [-0.3, -0.25) is 9.59 Å². The molecule has 0 unspecified atom stereocenters. The molecule has 1 aliphatic rings. The first kappa shape index (κ1) is 15.3.